The Kier molecular flexibility index (Phi) is 3.82. The van der Waals surface area contributed by atoms with Crippen molar-refractivity contribution < 1.29 is 9.59 Å². The number of fused-ring (bicyclic) bond motifs is 1. The van der Waals surface area contributed by atoms with Crippen molar-refractivity contribution in [2.24, 2.45) is 0 Å². The Hall–Kier alpha value is -2.76. The highest BCUT2D eigenvalue weighted by Crippen LogP contribution is 2.37. The fourth-order valence-corrected chi connectivity index (χ4v) is 2.60. The van der Waals surface area contributed by atoms with Gasteiger partial charge >= 0.3 is 0 Å². The molecule has 0 atom stereocenters. The Bertz CT molecular complexity index is 756. The third kappa shape index (κ3) is 2.92. The summed E-state index contributed by atoms with van der Waals surface area (Å²) in [5.74, 6) is -0.225. The van der Waals surface area contributed by atoms with Crippen molar-refractivity contribution in [1.29, 1.82) is 0 Å². The van der Waals surface area contributed by atoms with Crippen LogP contribution in [0.25, 0.3) is 0 Å². The minimum absolute atomic E-state index is 0.0144. The minimum Gasteiger partial charge on any atom is -0.350 e. The molecule has 2 N–H and O–H groups in total. The Morgan fingerprint density at radius 1 is 1.30 bits per heavy atom. The number of amides is 2. The minimum atomic E-state index is -0.520. The van der Waals surface area contributed by atoms with Crippen LogP contribution < -0.4 is 10.6 Å². The zero-order chi connectivity index (χ0) is 16.4. The first-order valence-electron chi connectivity index (χ1n) is 7.47. The summed E-state index contributed by atoms with van der Waals surface area (Å²) in [6.45, 7) is 4.32. The average molecular weight is 310 g/mol. The number of anilines is 1. The van der Waals surface area contributed by atoms with Crippen molar-refractivity contribution in [3.63, 3.8) is 0 Å². The van der Waals surface area contributed by atoms with Crippen molar-refractivity contribution in [2.45, 2.75) is 25.7 Å². The summed E-state index contributed by atoms with van der Waals surface area (Å²) < 4.78 is 0. The molecule has 0 radical (unpaired) electrons. The first-order chi connectivity index (χ1) is 11.0. The van der Waals surface area contributed by atoms with Gasteiger partial charge in [0, 0.05) is 24.6 Å². The van der Waals surface area contributed by atoms with Crippen LogP contribution in [0.1, 0.15) is 35.5 Å². The molecule has 0 saturated heterocycles. The van der Waals surface area contributed by atoms with Gasteiger partial charge in [0.05, 0.1) is 11.6 Å². The maximum absolute atomic E-state index is 11.9. The van der Waals surface area contributed by atoms with Crippen LogP contribution in [-0.2, 0) is 16.6 Å². The molecule has 6 heteroatoms. The zero-order valence-electron chi connectivity index (χ0n) is 13.1. The lowest BCUT2D eigenvalue weighted by Gasteiger charge is -2.16. The molecule has 1 aliphatic rings. The lowest BCUT2D eigenvalue weighted by molar-refractivity contribution is -0.119. The maximum atomic E-state index is 11.9. The molecular weight excluding hydrogens is 292 g/mol. The summed E-state index contributed by atoms with van der Waals surface area (Å²) in [6.07, 6.45) is 5.13. The fraction of sp³-hybridized carbons (Fsp3) is 0.294. The Balaban J connectivity index is 1.63. The van der Waals surface area contributed by atoms with E-state index in [9.17, 15) is 9.59 Å². The van der Waals surface area contributed by atoms with E-state index in [1.165, 1.54) is 18.6 Å². The Morgan fingerprint density at radius 3 is 2.87 bits per heavy atom. The van der Waals surface area contributed by atoms with E-state index in [1.807, 2.05) is 32.0 Å². The van der Waals surface area contributed by atoms with Crippen molar-refractivity contribution in [3.8, 4) is 0 Å². The van der Waals surface area contributed by atoms with Crippen molar-refractivity contribution in [1.82, 2.24) is 15.3 Å². The number of rotatable bonds is 4. The van der Waals surface area contributed by atoms with Gasteiger partial charge < -0.3 is 10.6 Å². The highest BCUT2D eigenvalue weighted by Gasteiger charge is 2.38. The van der Waals surface area contributed by atoms with Crippen molar-refractivity contribution in [2.75, 3.05) is 11.9 Å². The zero-order valence-corrected chi connectivity index (χ0v) is 13.1. The van der Waals surface area contributed by atoms with Crippen LogP contribution in [0.5, 0.6) is 0 Å². The van der Waals surface area contributed by atoms with E-state index in [0.29, 0.717) is 18.7 Å². The van der Waals surface area contributed by atoms with E-state index < -0.39 is 5.41 Å². The molecule has 118 valence electrons. The molecule has 3 rings (SSSR count). The Morgan fingerprint density at radius 2 is 2.13 bits per heavy atom. The SMILES string of the molecule is CC1(C)C(=O)Nc2ccc(CCNC(=O)c3cnccn3)cc21. The lowest BCUT2D eigenvalue weighted by atomic mass is 9.85. The second kappa shape index (κ2) is 5.79. The number of hydrogen-bond donors (Lipinski definition) is 2. The lowest BCUT2D eigenvalue weighted by Crippen LogP contribution is -2.27. The number of carbonyl (C=O) groups excluding carboxylic acids is 2. The summed E-state index contributed by atoms with van der Waals surface area (Å²) in [6, 6.07) is 5.92. The van der Waals surface area contributed by atoms with Crippen LogP contribution >= 0.6 is 0 Å². The summed E-state index contributed by atoms with van der Waals surface area (Å²) in [5.41, 5.74) is 2.73. The van der Waals surface area contributed by atoms with E-state index in [0.717, 1.165) is 16.8 Å². The monoisotopic (exact) mass is 310 g/mol. The smallest absolute Gasteiger partial charge is 0.271 e. The molecule has 1 aromatic carbocycles. The second-order valence-electron chi connectivity index (χ2n) is 6.06. The third-order valence-corrected chi connectivity index (χ3v) is 4.07. The molecule has 0 unspecified atom stereocenters. The number of hydrogen-bond acceptors (Lipinski definition) is 4. The number of carbonyl (C=O) groups is 2. The van der Waals surface area contributed by atoms with Gasteiger partial charge in [-0.15, -0.1) is 0 Å². The van der Waals surface area contributed by atoms with Crippen LogP contribution in [0.3, 0.4) is 0 Å². The molecule has 6 nitrogen and oxygen atoms in total. The predicted molar refractivity (Wildman–Crippen MR) is 86.2 cm³/mol. The van der Waals surface area contributed by atoms with Gasteiger partial charge in [0.2, 0.25) is 5.91 Å². The van der Waals surface area contributed by atoms with Crippen molar-refractivity contribution >= 4 is 17.5 Å². The molecular formula is C17H18N4O2. The maximum Gasteiger partial charge on any atom is 0.271 e. The number of benzene rings is 1. The van der Waals surface area contributed by atoms with Gasteiger partial charge in [-0.05, 0) is 37.5 Å². The summed E-state index contributed by atoms with van der Waals surface area (Å²) in [7, 11) is 0. The molecule has 0 aliphatic carbocycles. The van der Waals surface area contributed by atoms with Crippen LogP contribution in [0.15, 0.2) is 36.8 Å². The summed E-state index contributed by atoms with van der Waals surface area (Å²) in [4.78, 5) is 31.7. The Labute approximate surface area is 134 Å². The molecule has 0 fully saturated rings. The van der Waals surface area contributed by atoms with Crippen LogP contribution in [-0.4, -0.2) is 28.3 Å². The highest BCUT2D eigenvalue weighted by atomic mass is 16.2. The fourth-order valence-electron chi connectivity index (χ4n) is 2.60. The van der Waals surface area contributed by atoms with E-state index in [4.69, 9.17) is 0 Å². The standard InChI is InChI=1S/C17H18N4O2/c1-17(2)12-9-11(3-4-13(12)21-16(17)23)5-6-20-15(22)14-10-18-7-8-19-14/h3-4,7-10H,5-6H2,1-2H3,(H,20,22)(H,21,23). The first-order valence-corrected chi connectivity index (χ1v) is 7.47. The van der Waals surface area contributed by atoms with Gasteiger partial charge in [-0.3, -0.25) is 14.6 Å². The molecule has 1 aliphatic heterocycles. The molecule has 23 heavy (non-hydrogen) atoms. The third-order valence-electron chi connectivity index (χ3n) is 4.07. The summed E-state index contributed by atoms with van der Waals surface area (Å²) in [5, 5.41) is 5.71. The van der Waals surface area contributed by atoms with Gasteiger partial charge in [0.1, 0.15) is 5.69 Å². The van der Waals surface area contributed by atoms with E-state index in [1.54, 1.807) is 0 Å². The van der Waals surface area contributed by atoms with Gasteiger partial charge in [-0.1, -0.05) is 12.1 Å². The molecule has 0 spiro atoms. The van der Waals surface area contributed by atoms with E-state index in [2.05, 4.69) is 20.6 Å². The van der Waals surface area contributed by atoms with Crippen molar-refractivity contribution in [3.05, 3.63) is 53.6 Å². The van der Waals surface area contributed by atoms with E-state index >= 15 is 0 Å². The summed E-state index contributed by atoms with van der Waals surface area (Å²) >= 11 is 0. The van der Waals surface area contributed by atoms with Crippen LogP contribution in [0, 0.1) is 0 Å². The molecule has 2 aromatic rings. The molecule has 0 bridgehead atoms. The number of nitrogens with zero attached hydrogens (tertiary/aromatic N) is 2. The second-order valence-corrected chi connectivity index (χ2v) is 6.06. The topological polar surface area (TPSA) is 84.0 Å². The van der Waals surface area contributed by atoms with Gasteiger partial charge in [-0.25, -0.2) is 4.98 Å². The molecule has 2 amide bonds. The molecule has 2 heterocycles. The van der Waals surface area contributed by atoms with Gasteiger partial charge in [0.15, 0.2) is 0 Å². The van der Waals surface area contributed by atoms with Crippen LogP contribution in [0.4, 0.5) is 5.69 Å². The quantitative estimate of drug-likeness (QED) is 0.900. The number of aromatic nitrogens is 2. The first kappa shape index (κ1) is 15.1. The predicted octanol–water partition coefficient (Wildman–Crippen LogP) is 1.68. The highest BCUT2D eigenvalue weighted by molar-refractivity contribution is 6.05. The average Bonchev–Trinajstić information content (AvgIpc) is 2.78. The van der Waals surface area contributed by atoms with Gasteiger partial charge in [-0.2, -0.15) is 0 Å². The van der Waals surface area contributed by atoms with Gasteiger partial charge in [0.25, 0.3) is 5.91 Å². The van der Waals surface area contributed by atoms with E-state index in [-0.39, 0.29) is 11.8 Å². The normalized spacial score (nSPS) is 15.0. The number of nitrogens with one attached hydrogen (secondary N) is 2. The largest absolute Gasteiger partial charge is 0.350 e. The molecule has 0 saturated carbocycles. The van der Waals surface area contributed by atoms with Crippen LogP contribution in [0.2, 0.25) is 0 Å². The molecule has 1 aromatic heterocycles.